The largest absolute Gasteiger partial charge is 0.292 e. The molecular formula is C35H57N. The van der Waals surface area contributed by atoms with Crippen molar-refractivity contribution < 1.29 is 0 Å². The van der Waals surface area contributed by atoms with E-state index in [4.69, 9.17) is 0 Å². The SMILES string of the molecule is CC(C)CCCCCCCCN(CCCCCCCCC(C)C)C(c1ccccc1)c1ccccc1. The lowest BCUT2D eigenvalue weighted by molar-refractivity contribution is 0.214. The summed E-state index contributed by atoms with van der Waals surface area (Å²) in [6.45, 7) is 11.8. The fourth-order valence-electron chi connectivity index (χ4n) is 5.40. The van der Waals surface area contributed by atoms with Crippen LogP contribution in [0.25, 0.3) is 0 Å². The molecule has 0 aliphatic carbocycles. The number of hydrogen-bond acceptors (Lipinski definition) is 1. The first-order valence-electron chi connectivity index (χ1n) is 15.4. The van der Waals surface area contributed by atoms with Crippen molar-refractivity contribution in [3.63, 3.8) is 0 Å². The van der Waals surface area contributed by atoms with Gasteiger partial charge in [-0.15, -0.1) is 0 Å². The molecule has 2 rings (SSSR count). The van der Waals surface area contributed by atoms with Crippen molar-refractivity contribution in [1.82, 2.24) is 4.90 Å². The fraction of sp³-hybridized carbons (Fsp3) is 0.657. The Bertz CT molecular complexity index is 672. The summed E-state index contributed by atoms with van der Waals surface area (Å²) in [5.74, 6) is 1.71. The second-order valence-electron chi connectivity index (χ2n) is 11.9. The van der Waals surface area contributed by atoms with Crippen molar-refractivity contribution in [2.75, 3.05) is 13.1 Å². The predicted molar refractivity (Wildman–Crippen MR) is 161 cm³/mol. The Labute approximate surface area is 225 Å². The zero-order chi connectivity index (χ0) is 25.8. The van der Waals surface area contributed by atoms with Crippen LogP contribution in [0.5, 0.6) is 0 Å². The van der Waals surface area contributed by atoms with E-state index in [0.717, 1.165) is 11.8 Å². The summed E-state index contributed by atoms with van der Waals surface area (Å²) in [7, 11) is 0. The van der Waals surface area contributed by atoms with Crippen LogP contribution in [0.15, 0.2) is 60.7 Å². The molecular weight excluding hydrogens is 434 g/mol. The van der Waals surface area contributed by atoms with E-state index in [1.54, 1.807) is 0 Å². The molecule has 2 aromatic carbocycles. The summed E-state index contributed by atoms with van der Waals surface area (Å²) in [5, 5.41) is 0. The van der Waals surface area contributed by atoms with Crippen molar-refractivity contribution in [1.29, 1.82) is 0 Å². The van der Waals surface area contributed by atoms with Gasteiger partial charge in [-0.3, -0.25) is 4.90 Å². The van der Waals surface area contributed by atoms with Crippen LogP contribution >= 0.6 is 0 Å². The minimum atomic E-state index is 0.365. The molecule has 36 heavy (non-hydrogen) atoms. The molecule has 0 atom stereocenters. The van der Waals surface area contributed by atoms with Crippen molar-refractivity contribution in [2.45, 2.75) is 124 Å². The van der Waals surface area contributed by atoms with E-state index in [-0.39, 0.29) is 0 Å². The van der Waals surface area contributed by atoms with Crippen LogP contribution in [-0.4, -0.2) is 18.0 Å². The highest BCUT2D eigenvalue weighted by Gasteiger charge is 2.21. The monoisotopic (exact) mass is 491 g/mol. The van der Waals surface area contributed by atoms with Gasteiger partial charge in [0.15, 0.2) is 0 Å². The summed E-state index contributed by atoms with van der Waals surface area (Å²) in [4.78, 5) is 2.79. The van der Waals surface area contributed by atoms with Crippen molar-refractivity contribution in [3.8, 4) is 0 Å². The van der Waals surface area contributed by atoms with Gasteiger partial charge in [-0.25, -0.2) is 0 Å². The van der Waals surface area contributed by atoms with Crippen molar-refractivity contribution >= 4 is 0 Å². The van der Waals surface area contributed by atoms with E-state index in [1.165, 1.54) is 114 Å². The van der Waals surface area contributed by atoms with E-state index in [9.17, 15) is 0 Å². The molecule has 0 saturated carbocycles. The highest BCUT2D eigenvalue weighted by atomic mass is 15.2. The van der Waals surface area contributed by atoms with Crippen LogP contribution in [0.2, 0.25) is 0 Å². The summed E-state index contributed by atoms with van der Waals surface area (Å²) in [6.07, 6.45) is 19.4. The van der Waals surface area contributed by atoms with Gasteiger partial charge >= 0.3 is 0 Å². The maximum absolute atomic E-state index is 2.79. The second kappa shape index (κ2) is 19.5. The third kappa shape index (κ3) is 13.6. The molecule has 0 amide bonds. The maximum Gasteiger partial charge on any atom is 0.0601 e. The molecule has 0 saturated heterocycles. The van der Waals surface area contributed by atoms with Crippen LogP contribution in [0, 0.1) is 11.8 Å². The van der Waals surface area contributed by atoms with Crippen LogP contribution in [0.3, 0.4) is 0 Å². The van der Waals surface area contributed by atoms with Gasteiger partial charge in [0.25, 0.3) is 0 Å². The Hall–Kier alpha value is -1.60. The van der Waals surface area contributed by atoms with Gasteiger partial charge in [-0.2, -0.15) is 0 Å². The average Bonchev–Trinajstić information content (AvgIpc) is 2.88. The van der Waals surface area contributed by atoms with Crippen LogP contribution in [-0.2, 0) is 0 Å². The number of benzene rings is 2. The molecule has 0 N–H and O–H groups in total. The summed E-state index contributed by atoms with van der Waals surface area (Å²) >= 11 is 0. The third-order valence-electron chi connectivity index (χ3n) is 7.55. The van der Waals surface area contributed by atoms with Crippen LogP contribution in [0.4, 0.5) is 0 Å². The Morgan fingerprint density at radius 2 is 0.778 bits per heavy atom. The summed E-state index contributed by atoms with van der Waals surface area (Å²) in [5.41, 5.74) is 2.87. The lowest BCUT2D eigenvalue weighted by Gasteiger charge is -2.33. The molecule has 0 aromatic heterocycles. The Morgan fingerprint density at radius 3 is 1.14 bits per heavy atom. The van der Waals surface area contributed by atoms with E-state index in [0.29, 0.717) is 6.04 Å². The van der Waals surface area contributed by atoms with Gasteiger partial charge in [-0.1, -0.05) is 165 Å². The standard InChI is InChI=1S/C35H57N/c1-31(2)23-15-9-5-7-11-21-29-36(30-22-12-8-6-10-16-24-32(3)4)35(33-25-17-13-18-26-33)34-27-19-14-20-28-34/h13-14,17-20,25-28,31-32,35H,5-12,15-16,21-24,29-30H2,1-4H3. The van der Waals surface area contributed by atoms with Gasteiger partial charge in [0.2, 0.25) is 0 Å². The Morgan fingerprint density at radius 1 is 0.444 bits per heavy atom. The first-order chi connectivity index (χ1) is 17.6. The topological polar surface area (TPSA) is 3.24 Å². The predicted octanol–water partition coefficient (Wildman–Crippen LogP) is 10.9. The molecule has 0 spiro atoms. The average molecular weight is 492 g/mol. The van der Waals surface area contributed by atoms with Crippen LogP contribution in [0.1, 0.15) is 135 Å². The number of unbranched alkanes of at least 4 members (excludes halogenated alkanes) is 10. The zero-order valence-electron chi connectivity index (χ0n) is 24.3. The van der Waals surface area contributed by atoms with E-state index in [1.807, 2.05) is 0 Å². The minimum Gasteiger partial charge on any atom is -0.292 e. The van der Waals surface area contributed by atoms with Gasteiger partial charge < -0.3 is 0 Å². The molecule has 1 nitrogen and oxygen atoms in total. The molecule has 0 fully saturated rings. The lowest BCUT2D eigenvalue weighted by Crippen LogP contribution is -2.31. The van der Waals surface area contributed by atoms with E-state index in [2.05, 4.69) is 93.3 Å². The molecule has 0 aliphatic rings. The first kappa shape index (κ1) is 30.6. The Balaban J connectivity index is 1.90. The minimum absolute atomic E-state index is 0.365. The molecule has 202 valence electrons. The normalized spacial score (nSPS) is 11.9. The molecule has 0 radical (unpaired) electrons. The van der Waals surface area contributed by atoms with Crippen molar-refractivity contribution in [2.24, 2.45) is 11.8 Å². The fourth-order valence-corrected chi connectivity index (χ4v) is 5.40. The second-order valence-corrected chi connectivity index (χ2v) is 11.9. The quantitative estimate of drug-likeness (QED) is 0.157. The number of hydrogen-bond donors (Lipinski definition) is 0. The van der Waals surface area contributed by atoms with Crippen molar-refractivity contribution in [3.05, 3.63) is 71.8 Å². The molecule has 0 bridgehead atoms. The first-order valence-corrected chi connectivity index (χ1v) is 15.4. The number of rotatable bonds is 21. The Kier molecular flexibility index (Phi) is 16.6. The lowest BCUT2D eigenvalue weighted by atomic mass is 9.96. The van der Waals surface area contributed by atoms with Gasteiger partial charge in [0.1, 0.15) is 0 Å². The molecule has 0 unspecified atom stereocenters. The van der Waals surface area contributed by atoms with E-state index < -0.39 is 0 Å². The summed E-state index contributed by atoms with van der Waals surface area (Å²) < 4.78 is 0. The van der Waals surface area contributed by atoms with Crippen LogP contribution < -0.4 is 0 Å². The maximum atomic E-state index is 2.79. The molecule has 0 heterocycles. The van der Waals surface area contributed by atoms with Gasteiger partial charge in [0.05, 0.1) is 6.04 Å². The summed E-state index contributed by atoms with van der Waals surface area (Å²) in [6, 6.07) is 22.8. The molecule has 1 heteroatoms. The third-order valence-corrected chi connectivity index (χ3v) is 7.55. The van der Waals surface area contributed by atoms with Gasteiger partial charge in [-0.05, 0) is 48.9 Å². The van der Waals surface area contributed by atoms with Gasteiger partial charge in [0, 0.05) is 0 Å². The highest BCUT2D eigenvalue weighted by molar-refractivity contribution is 5.31. The zero-order valence-corrected chi connectivity index (χ0v) is 24.3. The molecule has 0 aliphatic heterocycles. The molecule has 2 aromatic rings. The smallest absolute Gasteiger partial charge is 0.0601 e. The highest BCUT2D eigenvalue weighted by Crippen LogP contribution is 2.29. The number of nitrogens with zero attached hydrogens (tertiary/aromatic N) is 1. The van der Waals surface area contributed by atoms with E-state index >= 15 is 0 Å².